The van der Waals surface area contributed by atoms with E-state index in [9.17, 15) is 10.1 Å². The largest absolute Gasteiger partial charge is 0.363 e. The number of H-pyrrole nitrogens is 1. The van der Waals surface area contributed by atoms with Gasteiger partial charge in [0.2, 0.25) is 0 Å². The van der Waals surface area contributed by atoms with Crippen LogP contribution in [0.2, 0.25) is 0 Å². The first kappa shape index (κ1) is 10.9. The Hall–Kier alpha value is -2.61. The summed E-state index contributed by atoms with van der Waals surface area (Å²) in [6.07, 6.45) is 1.73. The minimum atomic E-state index is -0.447. The molecule has 1 heterocycles. The molecule has 1 N–H and O–H groups in total. The number of nitro benzene ring substituents is 1. The van der Waals surface area contributed by atoms with Crippen molar-refractivity contribution in [1.82, 2.24) is 4.98 Å². The van der Waals surface area contributed by atoms with E-state index in [1.54, 1.807) is 18.3 Å². The molecule has 0 radical (unpaired) electrons. The first-order valence-electron chi connectivity index (χ1n) is 4.96. The number of benzene rings is 1. The number of nitro groups is 1. The van der Waals surface area contributed by atoms with Gasteiger partial charge in [0, 0.05) is 29.6 Å². The van der Waals surface area contributed by atoms with Crippen LogP contribution in [-0.2, 0) is 0 Å². The van der Waals surface area contributed by atoms with Crippen LogP contribution in [0.5, 0.6) is 0 Å². The standard InChI is InChI=1S/C12H9N3O2/c1-8-11(6-13)12(7-14-8)9-2-4-10(5-3-9)15(16)17/h2-5,7,14H,1H3. The lowest BCUT2D eigenvalue weighted by atomic mass is 10.0. The molecule has 2 aromatic rings. The molecule has 0 aliphatic carbocycles. The summed E-state index contributed by atoms with van der Waals surface area (Å²) < 4.78 is 0. The lowest BCUT2D eigenvalue weighted by Gasteiger charge is -1.98. The third kappa shape index (κ3) is 1.88. The van der Waals surface area contributed by atoms with Crippen molar-refractivity contribution in [2.75, 3.05) is 0 Å². The van der Waals surface area contributed by atoms with E-state index in [4.69, 9.17) is 5.26 Å². The molecule has 2 rings (SSSR count). The molecule has 0 unspecified atom stereocenters. The number of aromatic amines is 1. The van der Waals surface area contributed by atoms with Crippen molar-refractivity contribution in [2.45, 2.75) is 6.92 Å². The predicted molar refractivity (Wildman–Crippen MR) is 62.3 cm³/mol. The molecular weight excluding hydrogens is 218 g/mol. The zero-order chi connectivity index (χ0) is 12.4. The monoisotopic (exact) mass is 227 g/mol. The van der Waals surface area contributed by atoms with E-state index in [0.717, 1.165) is 16.8 Å². The van der Waals surface area contributed by atoms with Crippen LogP contribution in [0, 0.1) is 28.4 Å². The normalized spacial score (nSPS) is 9.88. The van der Waals surface area contributed by atoms with E-state index >= 15 is 0 Å². The summed E-state index contributed by atoms with van der Waals surface area (Å²) in [5.41, 5.74) is 2.95. The number of nitrogens with zero attached hydrogens (tertiary/aromatic N) is 2. The summed E-state index contributed by atoms with van der Waals surface area (Å²) in [7, 11) is 0. The van der Waals surface area contributed by atoms with Crippen LogP contribution in [0.3, 0.4) is 0 Å². The summed E-state index contributed by atoms with van der Waals surface area (Å²) >= 11 is 0. The quantitative estimate of drug-likeness (QED) is 0.632. The summed E-state index contributed by atoms with van der Waals surface area (Å²) in [5.74, 6) is 0. The van der Waals surface area contributed by atoms with Gasteiger partial charge in [0.25, 0.3) is 5.69 Å². The summed E-state index contributed by atoms with van der Waals surface area (Å²) in [6, 6.07) is 8.25. The number of nitrogens with one attached hydrogen (secondary N) is 1. The fourth-order valence-electron chi connectivity index (χ4n) is 1.66. The van der Waals surface area contributed by atoms with E-state index in [0.29, 0.717) is 5.56 Å². The van der Waals surface area contributed by atoms with Gasteiger partial charge in [-0.25, -0.2) is 0 Å². The van der Waals surface area contributed by atoms with Crippen LogP contribution in [0.4, 0.5) is 5.69 Å². The van der Waals surface area contributed by atoms with E-state index in [1.165, 1.54) is 12.1 Å². The number of aromatic nitrogens is 1. The molecule has 1 aromatic carbocycles. The van der Waals surface area contributed by atoms with Gasteiger partial charge in [0.1, 0.15) is 6.07 Å². The van der Waals surface area contributed by atoms with E-state index in [-0.39, 0.29) is 5.69 Å². The van der Waals surface area contributed by atoms with Gasteiger partial charge < -0.3 is 4.98 Å². The lowest BCUT2D eigenvalue weighted by molar-refractivity contribution is -0.384. The Morgan fingerprint density at radius 1 is 1.35 bits per heavy atom. The smallest absolute Gasteiger partial charge is 0.269 e. The van der Waals surface area contributed by atoms with Crippen molar-refractivity contribution in [1.29, 1.82) is 5.26 Å². The Bertz CT molecular complexity index is 606. The molecule has 0 saturated carbocycles. The molecule has 0 aliphatic rings. The predicted octanol–water partition coefficient (Wildman–Crippen LogP) is 2.77. The van der Waals surface area contributed by atoms with Gasteiger partial charge in [0.15, 0.2) is 0 Å². The van der Waals surface area contributed by atoms with Crippen LogP contribution < -0.4 is 0 Å². The number of hydrogen-bond acceptors (Lipinski definition) is 3. The third-order valence-electron chi connectivity index (χ3n) is 2.58. The van der Waals surface area contributed by atoms with Crippen molar-refractivity contribution in [3.63, 3.8) is 0 Å². The summed E-state index contributed by atoms with van der Waals surface area (Å²) in [4.78, 5) is 13.0. The minimum Gasteiger partial charge on any atom is -0.363 e. The van der Waals surface area contributed by atoms with Gasteiger partial charge in [-0.15, -0.1) is 0 Å². The van der Waals surface area contributed by atoms with Crippen molar-refractivity contribution in [3.05, 3.63) is 51.8 Å². The first-order chi connectivity index (χ1) is 8.13. The SMILES string of the molecule is Cc1[nH]cc(-c2ccc([N+](=O)[O-])cc2)c1C#N. The van der Waals surface area contributed by atoms with Crippen LogP contribution in [-0.4, -0.2) is 9.91 Å². The highest BCUT2D eigenvalue weighted by atomic mass is 16.6. The molecule has 17 heavy (non-hydrogen) atoms. The van der Waals surface area contributed by atoms with E-state index < -0.39 is 4.92 Å². The van der Waals surface area contributed by atoms with Gasteiger partial charge in [-0.3, -0.25) is 10.1 Å². The molecule has 0 spiro atoms. The van der Waals surface area contributed by atoms with Gasteiger partial charge in [0.05, 0.1) is 10.5 Å². The molecule has 5 nitrogen and oxygen atoms in total. The average molecular weight is 227 g/mol. The Kier molecular flexibility index (Phi) is 2.63. The number of rotatable bonds is 2. The molecule has 0 aliphatic heterocycles. The van der Waals surface area contributed by atoms with E-state index in [1.807, 2.05) is 6.92 Å². The fourth-order valence-corrected chi connectivity index (χ4v) is 1.66. The van der Waals surface area contributed by atoms with Crippen LogP contribution >= 0.6 is 0 Å². The molecule has 0 atom stereocenters. The maximum absolute atomic E-state index is 10.5. The number of non-ortho nitro benzene ring substituents is 1. The van der Waals surface area contributed by atoms with Gasteiger partial charge in [-0.05, 0) is 24.6 Å². The maximum Gasteiger partial charge on any atom is 0.269 e. The number of nitriles is 1. The molecule has 0 saturated heterocycles. The highest BCUT2D eigenvalue weighted by molar-refractivity contribution is 5.72. The van der Waals surface area contributed by atoms with Crippen molar-refractivity contribution >= 4 is 5.69 Å². The van der Waals surface area contributed by atoms with Gasteiger partial charge in [-0.1, -0.05) is 0 Å². The Balaban J connectivity index is 2.47. The van der Waals surface area contributed by atoms with Crippen LogP contribution in [0.15, 0.2) is 30.5 Å². The zero-order valence-electron chi connectivity index (χ0n) is 9.10. The Morgan fingerprint density at radius 2 is 2.00 bits per heavy atom. The lowest BCUT2D eigenvalue weighted by Crippen LogP contribution is -1.87. The molecule has 0 amide bonds. The molecular formula is C12H9N3O2. The summed E-state index contributed by atoms with van der Waals surface area (Å²) in [5, 5.41) is 19.5. The Labute approximate surface area is 97.5 Å². The third-order valence-corrected chi connectivity index (χ3v) is 2.58. The highest BCUT2D eigenvalue weighted by Gasteiger charge is 2.11. The summed E-state index contributed by atoms with van der Waals surface area (Å²) in [6.45, 7) is 1.81. The second-order valence-corrected chi connectivity index (χ2v) is 3.62. The topological polar surface area (TPSA) is 82.7 Å². The van der Waals surface area contributed by atoms with Crippen molar-refractivity contribution < 1.29 is 4.92 Å². The highest BCUT2D eigenvalue weighted by Crippen LogP contribution is 2.26. The number of aryl methyl sites for hydroxylation is 1. The maximum atomic E-state index is 10.5. The molecule has 0 bridgehead atoms. The fraction of sp³-hybridized carbons (Fsp3) is 0.0833. The Morgan fingerprint density at radius 3 is 2.53 bits per heavy atom. The molecule has 0 fully saturated rings. The number of hydrogen-bond donors (Lipinski definition) is 1. The van der Waals surface area contributed by atoms with Crippen molar-refractivity contribution in [3.8, 4) is 17.2 Å². The first-order valence-corrected chi connectivity index (χ1v) is 4.96. The second-order valence-electron chi connectivity index (χ2n) is 3.62. The van der Waals surface area contributed by atoms with E-state index in [2.05, 4.69) is 11.1 Å². The van der Waals surface area contributed by atoms with Crippen molar-refractivity contribution in [2.24, 2.45) is 0 Å². The molecule has 84 valence electrons. The van der Waals surface area contributed by atoms with Crippen LogP contribution in [0.1, 0.15) is 11.3 Å². The van der Waals surface area contributed by atoms with Gasteiger partial charge in [-0.2, -0.15) is 5.26 Å². The average Bonchev–Trinajstić information content (AvgIpc) is 2.70. The molecule has 1 aromatic heterocycles. The minimum absolute atomic E-state index is 0.0412. The van der Waals surface area contributed by atoms with Crippen LogP contribution in [0.25, 0.3) is 11.1 Å². The second kappa shape index (κ2) is 4.10. The molecule has 5 heteroatoms. The zero-order valence-corrected chi connectivity index (χ0v) is 9.10. The van der Waals surface area contributed by atoms with Gasteiger partial charge >= 0.3 is 0 Å².